The summed E-state index contributed by atoms with van der Waals surface area (Å²) in [5, 5.41) is 21.0. The minimum absolute atomic E-state index is 0.0516. The molecule has 14 nitrogen and oxygen atoms in total. The first kappa shape index (κ1) is 35.0. The number of H-pyrrole nitrogens is 1. The number of aliphatic hydroxyl groups is 1. The topological polar surface area (TPSA) is 186 Å². The summed E-state index contributed by atoms with van der Waals surface area (Å²) in [6.45, 7) is 3.73. The molecule has 6 rings (SSSR count). The third-order valence-corrected chi connectivity index (χ3v) is 9.70. The molecule has 0 unspecified atom stereocenters. The molecule has 0 radical (unpaired) electrons. The van der Waals surface area contributed by atoms with Gasteiger partial charge in [-0.05, 0) is 55.4 Å². The molecular weight excluding hydrogens is 642 g/mol. The summed E-state index contributed by atoms with van der Waals surface area (Å²) in [6, 6.07) is 8.92. The van der Waals surface area contributed by atoms with E-state index in [1.54, 1.807) is 18.3 Å². The molecule has 5 N–H and O–H groups in total. The van der Waals surface area contributed by atoms with Gasteiger partial charge in [-0.2, -0.15) is 0 Å². The van der Waals surface area contributed by atoms with E-state index in [0.29, 0.717) is 32.2 Å². The lowest BCUT2D eigenvalue weighted by Crippen LogP contribution is -2.60. The fourth-order valence-electron chi connectivity index (χ4n) is 7.17. The maximum atomic E-state index is 14.4. The molecule has 3 aromatic rings. The van der Waals surface area contributed by atoms with Crippen LogP contribution >= 0.6 is 0 Å². The van der Waals surface area contributed by atoms with Crippen LogP contribution in [0.15, 0.2) is 54.9 Å². The van der Waals surface area contributed by atoms with Crippen molar-refractivity contribution in [1.29, 1.82) is 0 Å². The molecule has 14 heteroatoms. The summed E-state index contributed by atoms with van der Waals surface area (Å²) in [5.41, 5.74) is 1.76. The van der Waals surface area contributed by atoms with Crippen molar-refractivity contribution in [3.63, 3.8) is 0 Å². The highest BCUT2D eigenvalue weighted by Crippen LogP contribution is 2.24. The number of ether oxygens (including phenoxy) is 1. The van der Waals surface area contributed by atoms with E-state index < -0.39 is 72.5 Å². The SMILES string of the molecule is CC(C)C[C@H]1NC(=O)[C@H]2CCCN2C(=O)[C@@H](Cc2c[nH]c3ccccc23)NC(=O)CN(C(=O)c2ccccn2)C[C@H]2OCC[C@H](NC1=O)[C@@H]2O. The molecule has 6 atom stereocenters. The Kier molecular flexibility index (Phi) is 10.8. The maximum absolute atomic E-state index is 14.4. The highest BCUT2D eigenvalue weighted by molar-refractivity contribution is 5.97. The number of nitrogens with zero attached hydrogens (tertiary/aromatic N) is 3. The molecule has 3 aliphatic heterocycles. The number of benzene rings is 1. The molecule has 3 fully saturated rings. The van der Waals surface area contributed by atoms with Gasteiger partial charge in [0, 0.05) is 42.9 Å². The van der Waals surface area contributed by atoms with E-state index in [-0.39, 0.29) is 31.2 Å². The zero-order valence-corrected chi connectivity index (χ0v) is 28.3. The molecule has 5 amide bonds. The minimum Gasteiger partial charge on any atom is -0.388 e. The van der Waals surface area contributed by atoms with Gasteiger partial charge in [0.15, 0.2) is 0 Å². The number of carbonyl (C=O) groups excluding carboxylic acids is 5. The van der Waals surface area contributed by atoms with Crippen molar-refractivity contribution in [2.75, 3.05) is 26.2 Å². The van der Waals surface area contributed by atoms with Crippen molar-refractivity contribution in [1.82, 2.24) is 35.7 Å². The summed E-state index contributed by atoms with van der Waals surface area (Å²) in [5.74, 6) is -2.46. The summed E-state index contributed by atoms with van der Waals surface area (Å²) >= 11 is 0. The quantitative estimate of drug-likeness (QED) is 0.262. The Morgan fingerprint density at radius 3 is 2.58 bits per heavy atom. The number of aromatic nitrogens is 2. The molecule has 50 heavy (non-hydrogen) atoms. The predicted octanol–water partition coefficient (Wildman–Crippen LogP) is 0.903. The lowest BCUT2D eigenvalue weighted by molar-refractivity contribution is -0.142. The Morgan fingerprint density at radius 2 is 1.80 bits per heavy atom. The van der Waals surface area contributed by atoms with Crippen LogP contribution in [-0.4, -0.2) is 117 Å². The van der Waals surface area contributed by atoms with Crippen molar-refractivity contribution in [3.05, 3.63) is 66.1 Å². The second-order valence-electron chi connectivity index (χ2n) is 13.8. The van der Waals surface area contributed by atoms with Crippen LogP contribution in [0.5, 0.6) is 0 Å². The molecule has 266 valence electrons. The van der Waals surface area contributed by atoms with Crippen LogP contribution in [0, 0.1) is 5.92 Å². The van der Waals surface area contributed by atoms with E-state index in [2.05, 4.69) is 25.9 Å². The van der Waals surface area contributed by atoms with Gasteiger partial charge < -0.3 is 40.6 Å². The number of nitrogens with one attached hydrogen (secondary N) is 4. The van der Waals surface area contributed by atoms with Gasteiger partial charge in [-0.1, -0.05) is 38.1 Å². The Balaban J connectivity index is 1.37. The number of hydrogen-bond acceptors (Lipinski definition) is 8. The van der Waals surface area contributed by atoms with Crippen LogP contribution in [0.2, 0.25) is 0 Å². The summed E-state index contributed by atoms with van der Waals surface area (Å²) in [6.07, 6.45) is 2.83. The first-order valence-electron chi connectivity index (χ1n) is 17.3. The van der Waals surface area contributed by atoms with Gasteiger partial charge in [0.25, 0.3) is 5.91 Å². The average Bonchev–Trinajstić information content (AvgIpc) is 3.76. The molecule has 0 spiro atoms. The van der Waals surface area contributed by atoms with Crippen LogP contribution in [0.3, 0.4) is 0 Å². The summed E-state index contributed by atoms with van der Waals surface area (Å²) in [7, 11) is 0. The van der Waals surface area contributed by atoms with Gasteiger partial charge in [0.05, 0.1) is 12.6 Å². The first-order chi connectivity index (χ1) is 24.1. The zero-order valence-electron chi connectivity index (χ0n) is 28.3. The van der Waals surface area contributed by atoms with Gasteiger partial charge in [0.2, 0.25) is 23.6 Å². The Labute approximate surface area is 290 Å². The third-order valence-electron chi connectivity index (χ3n) is 9.70. The van der Waals surface area contributed by atoms with Crippen molar-refractivity contribution in [2.24, 2.45) is 5.92 Å². The molecular formula is C36H45N7O7. The molecule has 0 saturated carbocycles. The molecule has 2 aromatic heterocycles. The largest absolute Gasteiger partial charge is 0.388 e. The summed E-state index contributed by atoms with van der Waals surface area (Å²) < 4.78 is 5.90. The van der Waals surface area contributed by atoms with E-state index in [0.717, 1.165) is 16.5 Å². The van der Waals surface area contributed by atoms with Crippen LogP contribution in [-0.2, 0) is 30.3 Å². The highest BCUT2D eigenvalue weighted by Gasteiger charge is 2.41. The molecule has 3 aliphatic rings. The predicted molar refractivity (Wildman–Crippen MR) is 182 cm³/mol. The number of rotatable bonds is 5. The number of carbonyl (C=O) groups is 5. The van der Waals surface area contributed by atoms with Gasteiger partial charge in [-0.3, -0.25) is 29.0 Å². The van der Waals surface area contributed by atoms with Gasteiger partial charge in [0.1, 0.15) is 42.6 Å². The lowest BCUT2D eigenvalue weighted by Gasteiger charge is -2.38. The fourth-order valence-corrected chi connectivity index (χ4v) is 7.17. The number of para-hydroxylation sites is 1. The smallest absolute Gasteiger partial charge is 0.273 e. The van der Waals surface area contributed by atoms with Crippen molar-refractivity contribution in [2.45, 2.75) is 82.3 Å². The number of fused-ring (bicyclic) bond motifs is 4. The second-order valence-corrected chi connectivity index (χ2v) is 13.8. The van der Waals surface area contributed by atoms with Crippen LogP contribution in [0.25, 0.3) is 10.9 Å². The van der Waals surface area contributed by atoms with E-state index in [9.17, 15) is 29.1 Å². The average molecular weight is 688 g/mol. The van der Waals surface area contributed by atoms with Gasteiger partial charge in [-0.25, -0.2) is 0 Å². The molecule has 3 saturated heterocycles. The number of aromatic amines is 1. The normalized spacial score (nSPS) is 27.0. The first-order valence-corrected chi connectivity index (χ1v) is 17.3. The zero-order chi connectivity index (χ0) is 35.4. The minimum atomic E-state index is -1.22. The van der Waals surface area contributed by atoms with E-state index in [1.165, 1.54) is 22.1 Å². The van der Waals surface area contributed by atoms with E-state index in [4.69, 9.17) is 4.74 Å². The van der Waals surface area contributed by atoms with Crippen LogP contribution in [0.1, 0.15) is 55.6 Å². The van der Waals surface area contributed by atoms with Crippen LogP contribution in [0.4, 0.5) is 0 Å². The van der Waals surface area contributed by atoms with E-state index >= 15 is 0 Å². The molecule has 2 bridgehead atoms. The monoisotopic (exact) mass is 687 g/mol. The maximum Gasteiger partial charge on any atom is 0.273 e. The number of amides is 5. The van der Waals surface area contributed by atoms with Crippen molar-refractivity contribution >= 4 is 40.4 Å². The van der Waals surface area contributed by atoms with E-state index in [1.807, 2.05) is 38.1 Å². The standard InChI is InChI=1S/C36H45N7O7/c1-21(2)16-27-33(46)40-25-12-15-50-30(32(25)45)19-42(35(48)26-10-5-6-13-37-26)20-31(44)39-28(17-22-18-38-24-9-4-3-8-23(22)24)36(49)43-14-7-11-29(43)34(47)41-27/h3-6,8-10,13,18,21,25,27-30,32,38,45H,7,11-12,14-17,19-20H2,1-2H3,(H,39,44)(H,40,46)(H,41,47)/t25-,27+,28+,29+,30+,32-/m0/s1. The number of hydrogen-bond donors (Lipinski definition) is 5. The number of aliphatic hydroxyl groups excluding tert-OH is 1. The Hall–Kier alpha value is -4.82. The second kappa shape index (κ2) is 15.4. The Morgan fingerprint density at radius 1 is 1.00 bits per heavy atom. The molecule has 0 aliphatic carbocycles. The van der Waals surface area contributed by atoms with Crippen LogP contribution < -0.4 is 16.0 Å². The van der Waals surface area contributed by atoms with Gasteiger partial charge in [-0.15, -0.1) is 0 Å². The van der Waals surface area contributed by atoms with Crippen molar-refractivity contribution < 1.29 is 33.8 Å². The highest BCUT2D eigenvalue weighted by atomic mass is 16.5. The third kappa shape index (κ3) is 7.81. The fraction of sp³-hybridized carbons (Fsp3) is 0.500. The van der Waals surface area contributed by atoms with Gasteiger partial charge >= 0.3 is 0 Å². The van der Waals surface area contributed by atoms with Crippen molar-refractivity contribution in [3.8, 4) is 0 Å². The Bertz CT molecular complexity index is 1710. The molecule has 5 heterocycles. The molecule has 1 aromatic carbocycles. The lowest BCUT2D eigenvalue weighted by atomic mass is 9.97. The number of pyridine rings is 1. The summed E-state index contributed by atoms with van der Waals surface area (Å²) in [4.78, 5) is 79.7.